The first-order chi connectivity index (χ1) is 15.9. The van der Waals surface area contributed by atoms with E-state index >= 15 is 0 Å². The van der Waals surface area contributed by atoms with Gasteiger partial charge < -0.3 is 20.2 Å². The molecule has 1 amide bonds. The van der Waals surface area contributed by atoms with Crippen LogP contribution in [0.5, 0.6) is 0 Å². The Hall–Kier alpha value is -3.29. The molecule has 34 heavy (non-hydrogen) atoms. The van der Waals surface area contributed by atoms with Gasteiger partial charge in [0, 0.05) is 12.7 Å². The second-order valence-electron chi connectivity index (χ2n) is 8.05. The molecular weight excluding hydrogens is 462 g/mol. The predicted octanol–water partition coefficient (Wildman–Crippen LogP) is 1.98. The van der Waals surface area contributed by atoms with Crippen molar-refractivity contribution in [2.45, 2.75) is 44.0 Å². The Morgan fingerprint density at radius 1 is 1.26 bits per heavy atom. The van der Waals surface area contributed by atoms with E-state index in [-0.39, 0.29) is 22.6 Å². The van der Waals surface area contributed by atoms with E-state index in [4.69, 9.17) is 0 Å². The van der Waals surface area contributed by atoms with Crippen molar-refractivity contribution in [3.63, 3.8) is 0 Å². The molecule has 2 aromatic heterocycles. The monoisotopic (exact) mass is 483 g/mol. The number of nitrogens with zero attached hydrogens (tertiary/aromatic N) is 4. The van der Waals surface area contributed by atoms with E-state index in [2.05, 4.69) is 10.1 Å². The van der Waals surface area contributed by atoms with Gasteiger partial charge in [0.2, 0.25) is 0 Å². The lowest BCUT2D eigenvalue weighted by Crippen LogP contribution is -2.55. The third-order valence-corrected chi connectivity index (χ3v) is 5.70. The summed E-state index contributed by atoms with van der Waals surface area (Å²) in [6, 6.07) is 3.06. The fourth-order valence-corrected chi connectivity index (χ4v) is 3.95. The van der Waals surface area contributed by atoms with Gasteiger partial charge in [0.25, 0.3) is 11.8 Å². The molecule has 4 N–H and O–H groups in total. The number of carbonyl (C=O) groups is 1. The van der Waals surface area contributed by atoms with Crippen LogP contribution in [0.25, 0.3) is 5.65 Å². The number of hydrogen-bond acceptors (Lipinski definition) is 7. The van der Waals surface area contributed by atoms with E-state index in [1.807, 2.05) is 5.32 Å². The van der Waals surface area contributed by atoms with Gasteiger partial charge >= 0.3 is 6.18 Å². The van der Waals surface area contributed by atoms with Crippen LogP contribution < -0.4 is 10.2 Å². The number of aliphatic hydroxyl groups is 3. The molecule has 4 rings (SSSR count). The number of alkyl halides is 3. The predicted molar refractivity (Wildman–Crippen MR) is 110 cm³/mol. The highest BCUT2D eigenvalue weighted by atomic mass is 19.4. The Morgan fingerprint density at radius 2 is 2.00 bits per heavy atom. The largest absolute Gasteiger partial charge is 0.416 e. The van der Waals surface area contributed by atoms with Gasteiger partial charge in [-0.2, -0.15) is 18.3 Å². The molecule has 0 aliphatic carbocycles. The molecule has 3 aromatic rings. The smallest absolute Gasteiger partial charge is 0.386 e. The molecule has 0 radical (unpaired) electrons. The maximum Gasteiger partial charge on any atom is 0.416 e. The number of benzene rings is 1. The minimum absolute atomic E-state index is 0.00247. The van der Waals surface area contributed by atoms with E-state index in [1.165, 1.54) is 16.8 Å². The van der Waals surface area contributed by atoms with E-state index in [1.54, 1.807) is 4.90 Å². The Balaban J connectivity index is 1.72. The van der Waals surface area contributed by atoms with Gasteiger partial charge in [0.05, 0.1) is 17.8 Å². The SMILES string of the molecule is C[C@@H](O)C(O)(O)NC(=O)c1cnn2ccc(N3CCC[C@@H]3c3cc(F)ccc3C(F)(F)F)nc12. The molecule has 1 aromatic carbocycles. The fraction of sp³-hybridized carbons (Fsp3) is 0.381. The minimum atomic E-state index is -4.67. The topological polar surface area (TPSA) is 123 Å². The summed E-state index contributed by atoms with van der Waals surface area (Å²) in [6.07, 6.45) is -2.95. The Labute approximate surface area is 190 Å². The maximum absolute atomic E-state index is 13.9. The second-order valence-corrected chi connectivity index (χ2v) is 8.05. The van der Waals surface area contributed by atoms with Crippen molar-refractivity contribution < 1.29 is 37.7 Å². The van der Waals surface area contributed by atoms with Crippen LogP contribution in [-0.2, 0) is 6.18 Å². The molecule has 0 bridgehead atoms. The minimum Gasteiger partial charge on any atom is -0.386 e. The fourth-order valence-electron chi connectivity index (χ4n) is 3.95. The van der Waals surface area contributed by atoms with Crippen molar-refractivity contribution >= 4 is 17.4 Å². The van der Waals surface area contributed by atoms with Gasteiger partial charge in [-0.25, -0.2) is 13.9 Å². The van der Waals surface area contributed by atoms with E-state index in [9.17, 15) is 37.7 Å². The molecule has 1 aliphatic rings. The van der Waals surface area contributed by atoms with Crippen LogP contribution in [-0.4, -0.2) is 54.4 Å². The molecule has 9 nitrogen and oxygen atoms in total. The number of carbonyl (C=O) groups excluding carboxylic acids is 1. The van der Waals surface area contributed by atoms with Gasteiger partial charge in [0.1, 0.15) is 23.3 Å². The summed E-state index contributed by atoms with van der Waals surface area (Å²) < 4.78 is 55.9. The number of nitrogens with one attached hydrogen (secondary N) is 1. The summed E-state index contributed by atoms with van der Waals surface area (Å²) >= 11 is 0. The molecule has 1 aliphatic heterocycles. The number of anilines is 1. The number of rotatable bonds is 5. The first kappa shape index (κ1) is 23.9. The van der Waals surface area contributed by atoms with Crippen molar-refractivity contribution in [3.8, 4) is 0 Å². The Morgan fingerprint density at radius 3 is 2.68 bits per heavy atom. The lowest BCUT2D eigenvalue weighted by Gasteiger charge is -2.28. The summed E-state index contributed by atoms with van der Waals surface area (Å²) in [6.45, 7) is 1.40. The third kappa shape index (κ3) is 4.41. The van der Waals surface area contributed by atoms with Crippen LogP contribution in [0.4, 0.5) is 23.4 Å². The Bertz CT molecular complexity index is 1230. The number of halogens is 4. The van der Waals surface area contributed by atoms with Gasteiger partial charge in [0.15, 0.2) is 5.65 Å². The standard InChI is InChI=1S/C21H21F4N5O4/c1-11(31)21(33,34)28-19(32)14-10-26-30-8-6-17(27-18(14)30)29-7-2-3-16(29)13-9-12(22)4-5-15(13)20(23,24)25/h4-6,8-11,16,31,33-34H,2-3,7H2,1H3,(H,28,32)/t11-,16-/m1/s1. The molecule has 3 heterocycles. The van der Waals surface area contributed by atoms with Crippen molar-refractivity contribution in [1.29, 1.82) is 0 Å². The second kappa shape index (κ2) is 8.49. The van der Waals surface area contributed by atoms with Gasteiger partial charge in [-0.3, -0.25) is 10.1 Å². The van der Waals surface area contributed by atoms with Gasteiger partial charge in [-0.1, -0.05) is 0 Å². The zero-order valence-electron chi connectivity index (χ0n) is 17.8. The van der Waals surface area contributed by atoms with Crippen molar-refractivity contribution in [1.82, 2.24) is 19.9 Å². The summed E-state index contributed by atoms with van der Waals surface area (Å²) in [5.74, 6) is -4.46. The zero-order valence-corrected chi connectivity index (χ0v) is 17.8. The van der Waals surface area contributed by atoms with Crippen LogP contribution in [0.3, 0.4) is 0 Å². The molecule has 0 unspecified atom stereocenters. The molecule has 1 saturated heterocycles. The van der Waals surface area contributed by atoms with Gasteiger partial charge in [-0.15, -0.1) is 0 Å². The lowest BCUT2D eigenvalue weighted by molar-refractivity contribution is -0.232. The summed E-state index contributed by atoms with van der Waals surface area (Å²) in [5.41, 5.74) is -1.30. The van der Waals surface area contributed by atoms with Crippen LogP contribution in [0, 0.1) is 5.82 Å². The van der Waals surface area contributed by atoms with Crippen molar-refractivity contribution in [2.24, 2.45) is 0 Å². The van der Waals surface area contributed by atoms with Crippen LogP contribution in [0.2, 0.25) is 0 Å². The molecule has 1 fully saturated rings. The Kier molecular flexibility index (Phi) is 5.96. The highest BCUT2D eigenvalue weighted by Gasteiger charge is 2.39. The number of aromatic nitrogens is 3. The highest BCUT2D eigenvalue weighted by Crippen LogP contribution is 2.42. The average molecular weight is 483 g/mol. The summed E-state index contributed by atoms with van der Waals surface area (Å²) in [5, 5.41) is 34.7. The summed E-state index contributed by atoms with van der Waals surface area (Å²) in [7, 11) is 0. The van der Waals surface area contributed by atoms with Crippen molar-refractivity contribution in [3.05, 3.63) is 59.2 Å². The lowest BCUT2D eigenvalue weighted by atomic mass is 9.97. The molecule has 0 spiro atoms. The van der Waals surface area contributed by atoms with Gasteiger partial charge in [-0.05, 0) is 49.6 Å². The first-order valence-electron chi connectivity index (χ1n) is 10.3. The van der Waals surface area contributed by atoms with E-state index in [0.717, 1.165) is 31.3 Å². The number of amides is 1. The quantitative estimate of drug-likeness (QED) is 0.323. The number of aliphatic hydroxyl groups excluding tert-OH is 1. The number of hydrogen-bond donors (Lipinski definition) is 4. The third-order valence-electron chi connectivity index (χ3n) is 5.70. The van der Waals surface area contributed by atoms with Crippen molar-refractivity contribution in [2.75, 3.05) is 11.4 Å². The van der Waals surface area contributed by atoms with Crippen LogP contribution in [0.1, 0.15) is 47.3 Å². The van der Waals surface area contributed by atoms with Crippen LogP contribution in [0.15, 0.2) is 36.7 Å². The average Bonchev–Trinajstić information content (AvgIpc) is 3.39. The highest BCUT2D eigenvalue weighted by molar-refractivity contribution is 6.00. The molecule has 182 valence electrons. The van der Waals surface area contributed by atoms with E-state index in [0.29, 0.717) is 19.4 Å². The zero-order chi connectivity index (χ0) is 24.8. The normalized spacial score (nSPS) is 17.9. The number of fused-ring (bicyclic) bond motifs is 1. The molecule has 0 saturated carbocycles. The summed E-state index contributed by atoms with van der Waals surface area (Å²) in [4.78, 5) is 18.5. The van der Waals surface area contributed by atoms with Crippen LogP contribution >= 0.6 is 0 Å². The molecular formula is C21H21F4N5O4. The van der Waals surface area contributed by atoms with E-state index < -0.39 is 41.5 Å². The first-order valence-corrected chi connectivity index (χ1v) is 10.3. The maximum atomic E-state index is 13.9. The molecule has 13 heteroatoms. The molecule has 2 atom stereocenters.